The van der Waals surface area contributed by atoms with Crippen molar-refractivity contribution in [2.24, 2.45) is 5.92 Å². The van der Waals surface area contributed by atoms with Crippen molar-refractivity contribution in [2.75, 3.05) is 11.5 Å². The van der Waals surface area contributed by atoms with Gasteiger partial charge in [0, 0.05) is 11.6 Å². The molecular formula is C22H18N2O5S. The van der Waals surface area contributed by atoms with Crippen LogP contribution in [0.4, 0.5) is 5.13 Å². The van der Waals surface area contributed by atoms with Crippen molar-refractivity contribution in [3.8, 4) is 5.75 Å². The number of anilines is 1. The van der Waals surface area contributed by atoms with Gasteiger partial charge in [-0.3, -0.25) is 19.3 Å². The fourth-order valence-corrected chi connectivity index (χ4v) is 4.15. The highest BCUT2D eigenvalue weighted by atomic mass is 32.1. The van der Waals surface area contributed by atoms with Crippen molar-refractivity contribution >= 4 is 33.9 Å². The molecule has 0 aliphatic carbocycles. The number of carbonyl (C=O) groups excluding carboxylic acids is 3. The molecule has 1 fully saturated rings. The van der Waals surface area contributed by atoms with Crippen LogP contribution in [-0.2, 0) is 9.59 Å². The molecule has 4 rings (SSSR count). The second-order valence-electron chi connectivity index (χ2n) is 6.72. The van der Waals surface area contributed by atoms with Crippen LogP contribution >= 0.6 is 11.3 Å². The summed E-state index contributed by atoms with van der Waals surface area (Å²) in [5.74, 6) is -2.21. The summed E-state index contributed by atoms with van der Waals surface area (Å²) in [4.78, 5) is 44.6. The summed E-state index contributed by atoms with van der Waals surface area (Å²) in [6.45, 7) is 5.64. The third-order valence-electron chi connectivity index (χ3n) is 4.76. The van der Waals surface area contributed by atoms with Gasteiger partial charge >= 0.3 is 0 Å². The number of ketones is 2. The average molecular weight is 422 g/mol. The van der Waals surface area contributed by atoms with E-state index in [0.717, 1.165) is 0 Å². The SMILES string of the molecule is C=CCOc1cccc(C2C(C(=O)c3ccc(C)o3)C(=O)C(=O)N2c2nccs2)c1. The summed E-state index contributed by atoms with van der Waals surface area (Å²) in [6.07, 6.45) is 3.16. The lowest BCUT2D eigenvalue weighted by atomic mass is 9.88. The summed E-state index contributed by atoms with van der Waals surface area (Å²) in [7, 11) is 0. The number of thiazole rings is 1. The summed E-state index contributed by atoms with van der Waals surface area (Å²) in [5.41, 5.74) is 0.590. The molecule has 2 atom stereocenters. The van der Waals surface area contributed by atoms with Crippen molar-refractivity contribution in [2.45, 2.75) is 13.0 Å². The molecule has 0 saturated carbocycles. The average Bonchev–Trinajstić information content (AvgIpc) is 3.47. The number of ether oxygens (including phenoxy) is 1. The Balaban J connectivity index is 1.81. The summed E-state index contributed by atoms with van der Waals surface area (Å²) < 4.78 is 11.0. The van der Waals surface area contributed by atoms with Crippen LogP contribution in [0.1, 0.15) is 27.9 Å². The van der Waals surface area contributed by atoms with Crippen LogP contribution in [0.5, 0.6) is 5.75 Å². The van der Waals surface area contributed by atoms with Gasteiger partial charge in [-0.15, -0.1) is 11.3 Å². The lowest BCUT2D eigenvalue weighted by molar-refractivity contribution is -0.135. The third-order valence-corrected chi connectivity index (χ3v) is 5.54. The molecule has 2 aromatic heterocycles. The van der Waals surface area contributed by atoms with E-state index in [2.05, 4.69) is 11.6 Å². The maximum absolute atomic E-state index is 13.2. The van der Waals surface area contributed by atoms with Gasteiger partial charge in [0.15, 0.2) is 10.9 Å². The van der Waals surface area contributed by atoms with Crippen LogP contribution in [0.3, 0.4) is 0 Å². The Kier molecular flexibility index (Phi) is 5.33. The Morgan fingerprint density at radius 2 is 2.17 bits per heavy atom. The summed E-state index contributed by atoms with van der Waals surface area (Å²) >= 11 is 1.22. The molecule has 0 spiro atoms. The zero-order valence-corrected chi connectivity index (χ0v) is 16.9. The molecule has 7 nitrogen and oxygen atoms in total. The number of furan rings is 1. The number of aromatic nitrogens is 1. The smallest absolute Gasteiger partial charge is 0.297 e. The molecule has 0 N–H and O–H groups in total. The largest absolute Gasteiger partial charge is 0.490 e. The number of hydrogen-bond acceptors (Lipinski definition) is 7. The zero-order valence-electron chi connectivity index (χ0n) is 16.1. The van der Waals surface area contributed by atoms with Crippen LogP contribution in [0.15, 0.2) is 65.0 Å². The first-order valence-corrected chi connectivity index (χ1v) is 10.1. The minimum absolute atomic E-state index is 0.0451. The van der Waals surface area contributed by atoms with Gasteiger partial charge in [-0.1, -0.05) is 24.8 Å². The van der Waals surface area contributed by atoms with E-state index < -0.39 is 29.4 Å². The number of amides is 1. The van der Waals surface area contributed by atoms with Gasteiger partial charge in [-0.05, 0) is 36.8 Å². The van der Waals surface area contributed by atoms with Gasteiger partial charge in [0.05, 0.1) is 6.04 Å². The molecule has 1 aliphatic heterocycles. The molecule has 3 aromatic rings. The predicted molar refractivity (Wildman–Crippen MR) is 111 cm³/mol. The number of nitrogens with zero attached hydrogens (tertiary/aromatic N) is 2. The van der Waals surface area contributed by atoms with Crippen LogP contribution in [0.2, 0.25) is 0 Å². The normalized spacial score (nSPS) is 18.6. The third kappa shape index (κ3) is 3.46. The van der Waals surface area contributed by atoms with Crippen molar-refractivity contribution in [1.82, 2.24) is 4.98 Å². The van der Waals surface area contributed by atoms with Gasteiger partial charge in [0.2, 0.25) is 11.6 Å². The van der Waals surface area contributed by atoms with Crippen LogP contribution in [-0.4, -0.2) is 29.1 Å². The molecule has 1 amide bonds. The second kappa shape index (κ2) is 8.08. The Hall–Kier alpha value is -3.52. The summed E-state index contributed by atoms with van der Waals surface area (Å²) in [6, 6.07) is 9.28. The summed E-state index contributed by atoms with van der Waals surface area (Å²) in [5, 5.41) is 2.06. The molecule has 2 unspecified atom stereocenters. The molecular weight excluding hydrogens is 404 g/mol. The minimum Gasteiger partial charge on any atom is -0.490 e. The lowest BCUT2D eigenvalue weighted by Gasteiger charge is -2.25. The first-order chi connectivity index (χ1) is 14.5. The molecule has 8 heteroatoms. The maximum atomic E-state index is 13.2. The number of carbonyl (C=O) groups is 3. The minimum atomic E-state index is -1.25. The van der Waals surface area contributed by atoms with Crippen molar-refractivity contribution in [3.63, 3.8) is 0 Å². The van der Waals surface area contributed by atoms with E-state index in [4.69, 9.17) is 9.15 Å². The van der Waals surface area contributed by atoms with E-state index >= 15 is 0 Å². The first kappa shape index (κ1) is 19.8. The molecule has 0 radical (unpaired) electrons. The predicted octanol–water partition coefficient (Wildman–Crippen LogP) is 3.77. The highest BCUT2D eigenvalue weighted by molar-refractivity contribution is 7.14. The zero-order chi connectivity index (χ0) is 21.3. The van der Waals surface area contributed by atoms with Crippen molar-refractivity contribution < 1.29 is 23.5 Å². The highest BCUT2D eigenvalue weighted by Gasteiger charge is 2.53. The molecule has 3 heterocycles. The first-order valence-electron chi connectivity index (χ1n) is 9.22. The van der Waals surface area contributed by atoms with Crippen LogP contribution in [0.25, 0.3) is 0 Å². The number of hydrogen-bond donors (Lipinski definition) is 0. The lowest BCUT2D eigenvalue weighted by Crippen LogP contribution is -2.30. The highest BCUT2D eigenvalue weighted by Crippen LogP contribution is 2.42. The maximum Gasteiger partial charge on any atom is 0.297 e. The van der Waals surface area contributed by atoms with Gasteiger partial charge in [-0.25, -0.2) is 4.98 Å². The molecule has 0 bridgehead atoms. The molecule has 1 aliphatic rings. The Labute approximate surface area is 176 Å². The van der Waals surface area contributed by atoms with Gasteiger partial charge in [-0.2, -0.15) is 0 Å². The van der Waals surface area contributed by atoms with E-state index in [1.54, 1.807) is 54.9 Å². The topological polar surface area (TPSA) is 89.7 Å². The number of rotatable bonds is 7. The molecule has 152 valence electrons. The van der Waals surface area contributed by atoms with E-state index in [1.165, 1.54) is 22.3 Å². The van der Waals surface area contributed by atoms with Gasteiger partial charge < -0.3 is 9.15 Å². The Morgan fingerprint density at radius 3 is 2.83 bits per heavy atom. The van der Waals surface area contributed by atoms with Crippen molar-refractivity contribution in [3.05, 3.63) is 77.7 Å². The fourth-order valence-electron chi connectivity index (χ4n) is 3.48. The molecule has 1 aromatic carbocycles. The monoisotopic (exact) mass is 422 g/mol. The standard InChI is InChI=1S/C22H18N2O5S/c1-3-10-28-15-6-4-5-14(12-15)18-17(19(25)16-8-7-13(2)29-16)20(26)21(27)24(18)22-23-9-11-30-22/h3-9,11-12,17-18H,1,10H2,2H3. The van der Waals surface area contributed by atoms with E-state index in [-0.39, 0.29) is 5.76 Å². The molecule has 1 saturated heterocycles. The molecule has 30 heavy (non-hydrogen) atoms. The van der Waals surface area contributed by atoms with Crippen LogP contribution in [0, 0.1) is 12.8 Å². The van der Waals surface area contributed by atoms with Gasteiger partial charge in [0.1, 0.15) is 24.0 Å². The van der Waals surface area contributed by atoms with Gasteiger partial charge in [0.25, 0.3) is 5.91 Å². The van der Waals surface area contributed by atoms with Crippen LogP contribution < -0.4 is 9.64 Å². The number of aryl methyl sites for hydroxylation is 1. The Morgan fingerprint density at radius 1 is 1.33 bits per heavy atom. The van der Waals surface area contributed by atoms with E-state index in [1.807, 2.05) is 0 Å². The fraction of sp³-hybridized carbons (Fsp3) is 0.182. The quantitative estimate of drug-likeness (QED) is 0.249. The Bertz CT molecular complexity index is 1120. The second-order valence-corrected chi connectivity index (χ2v) is 7.60. The van der Waals surface area contributed by atoms with E-state index in [9.17, 15) is 14.4 Å². The number of benzene rings is 1. The van der Waals surface area contributed by atoms with Crippen molar-refractivity contribution in [1.29, 1.82) is 0 Å². The number of Topliss-reactive ketones (excluding diaryl/α,β-unsaturated/α-hetero) is 2. The van der Waals surface area contributed by atoms with E-state index in [0.29, 0.717) is 28.8 Å².